The minimum atomic E-state index is -0.154. The van der Waals surface area contributed by atoms with Crippen LogP contribution in [0.5, 0.6) is 0 Å². The second-order valence-corrected chi connectivity index (χ2v) is 8.50. The van der Waals surface area contributed by atoms with Gasteiger partial charge in [-0.15, -0.1) is 10.2 Å². The SMILES string of the molecule is O=C(CC1CCCC1)Nc1cn(CCCCn2cc(C(=O)NCC3CC3)nn2)nn1. The van der Waals surface area contributed by atoms with Crippen molar-refractivity contribution in [3.05, 3.63) is 18.1 Å². The van der Waals surface area contributed by atoms with Gasteiger partial charge in [-0.25, -0.2) is 0 Å². The molecular formula is C20H30N8O2. The van der Waals surface area contributed by atoms with Gasteiger partial charge in [0.05, 0.1) is 12.4 Å². The normalized spacial score (nSPS) is 16.7. The van der Waals surface area contributed by atoms with Crippen molar-refractivity contribution in [3.8, 4) is 0 Å². The molecule has 0 aromatic carbocycles. The Kier molecular flexibility index (Phi) is 6.70. The third kappa shape index (κ3) is 6.11. The van der Waals surface area contributed by atoms with Crippen molar-refractivity contribution in [1.82, 2.24) is 35.3 Å². The third-order valence-electron chi connectivity index (χ3n) is 5.80. The quantitative estimate of drug-likeness (QED) is 0.543. The van der Waals surface area contributed by atoms with Gasteiger partial charge in [0.1, 0.15) is 0 Å². The van der Waals surface area contributed by atoms with E-state index in [0.29, 0.717) is 42.9 Å². The maximum atomic E-state index is 12.1. The summed E-state index contributed by atoms with van der Waals surface area (Å²) >= 11 is 0. The second kappa shape index (κ2) is 9.82. The van der Waals surface area contributed by atoms with Gasteiger partial charge in [-0.1, -0.05) is 23.3 Å². The topological polar surface area (TPSA) is 120 Å². The molecule has 2 aliphatic carbocycles. The Morgan fingerprint density at radius 3 is 2.37 bits per heavy atom. The van der Waals surface area contributed by atoms with E-state index in [1.165, 1.54) is 25.7 Å². The van der Waals surface area contributed by atoms with Crippen LogP contribution in [-0.4, -0.2) is 48.3 Å². The van der Waals surface area contributed by atoms with Crippen molar-refractivity contribution >= 4 is 17.6 Å². The van der Waals surface area contributed by atoms with Crippen LogP contribution >= 0.6 is 0 Å². The van der Waals surface area contributed by atoms with Crippen molar-refractivity contribution in [3.63, 3.8) is 0 Å². The Morgan fingerprint density at radius 1 is 0.933 bits per heavy atom. The molecule has 162 valence electrons. The molecule has 2 saturated carbocycles. The van der Waals surface area contributed by atoms with Gasteiger partial charge in [-0.3, -0.25) is 19.0 Å². The Hall–Kier alpha value is -2.78. The number of nitrogens with one attached hydrogen (secondary N) is 2. The summed E-state index contributed by atoms with van der Waals surface area (Å²) in [5.41, 5.74) is 0.366. The van der Waals surface area contributed by atoms with Gasteiger partial charge in [-0.05, 0) is 50.4 Å². The number of aromatic nitrogens is 6. The molecule has 0 aliphatic heterocycles. The number of amides is 2. The van der Waals surface area contributed by atoms with E-state index in [1.807, 2.05) is 0 Å². The van der Waals surface area contributed by atoms with Crippen LogP contribution in [0, 0.1) is 11.8 Å². The first-order chi connectivity index (χ1) is 14.7. The van der Waals surface area contributed by atoms with Crippen molar-refractivity contribution in [2.75, 3.05) is 11.9 Å². The summed E-state index contributed by atoms with van der Waals surface area (Å²) in [6.45, 7) is 2.12. The lowest BCUT2D eigenvalue weighted by Crippen LogP contribution is -2.25. The zero-order valence-corrected chi connectivity index (χ0v) is 17.3. The lowest BCUT2D eigenvalue weighted by molar-refractivity contribution is -0.117. The van der Waals surface area contributed by atoms with E-state index in [2.05, 4.69) is 31.3 Å². The first-order valence-electron chi connectivity index (χ1n) is 11.0. The van der Waals surface area contributed by atoms with E-state index in [0.717, 1.165) is 32.2 Å². The standard InChI is InChI=1S/C20H30N8O2/c29-19(11-15-5-1-2-6-15)22-18-14-28(26-24-18)10-4-3-9-27-13-17(23-25-27)20(30)21-12-16-7-8-16/h13-16H,1-12H2,(H,21,30)(H,22,29). The van der Waals surface area contributed by atoms with E-state index in [4.69, 9.17) is 0 Å². The van der Waals surface area contributed by atoms with Gasteiger partial charge in [0, 0.05) is 26.1 Å². The van der Waals surface area contributed by atoms with Crippen LogP contribution in [-0.2, 0) is 17.9 Å². The summed E-state index contributed by atoms with van der Waals surface area (Å²) in [5.74, 6) is 1.54. The van der Waals surface area contributed by atoms with E-state index in [1.54, 1.807) is 21.8 Å². The van der Waals surface area contributed by atoms with Crippen LogP contribution in [0.2, 0.25) is 0 Å². The molecule has 0 bridgehead atoms. The van der Waals surface area contributed by atoms with E-state index in [9.17, 15) is 9.59 Å². The average molecular weight is 415 g/mol. The predicted molar refractivity (Wildman–Crippen MR) is 110 cm³/mol. The molecule has 0 atom stereocenters. The number of rotatable bonds is 11. The number of carbonyl (C=O) groups is 2. The van der Waals surface area contributed by atoms with Gasteiger partial charge in [0.25, 0.3) is 5.91 Å². The monoisotopic (exact) mass is 414 g/mol. The summed E-state index contributed by atoms with van der Waals surface area (Å²) in [6, 6.07) is 0. The fourth-order valence-electron chi connectivity index (χ4n) is 3.84. The van der Waals surface area contributed by atoms with Crippen LogP contribution in [0.25, 0.3) is 0 Å². The Balaban J connectivity index is 1.13. The highest BCUT2D eigenvalue weighted by molar-refractivity contribution is 5.91. The molecule has 10 heteroatoms. The molecule has 2 heterocycles. The van der Waals surface area contributed by atoms with E-state index < -0.39 is 0 Å². The predicted octanol–water partition coefficient (Wildman–Crippen LogP) is 2.01. The molecule has 0 unspecified atom stereocenters. The molecule has 4 rings (SSSR count). The number of hydrogen-bond donors (Lipinski definition) is 2. The van der Waals surface area contributed by atoms with Crippen molar-refractivity contribution < 1.29 is 9.59 Å². The van der Waals surface area contributed by atoms with Crippen LogP contribution in [0.3, 0.4) is 0 Å². The molecule has 30 heavy (non-hydrogen) atoms. The summed E-state index contributed by atoms with van der Waals surface area (Å²) in [6.07, 6.45) is 13.0. The molecule has 2 aliphatic rings. The maximum absolute atomic E-state index is 12.1. The number of anilines is 1. The molecule has 2 aromatic heterocycles. The number of unbranched alkanes of at least 4 members (excludes halogenated alkanes) is 1. The third-order valence-corrected chi connectivity index (χ3v) is 5.80. The minimum Gasteiger partial charge on any atom is -0.350 e. The maximum Gasteiger partial charge on any atom is 0.273 e. The van der Waals surface area contributed by atoms with Crippen molar-refractivity contribution in [1.29, 1.82) is 0 Å². The molecule has 2 aromatic rings. The zero-order chi connectivity index (χ0) is 20.8. The van der Waals surface area contributed by atoms with Gasteiger partial charge >= 0.3 is 0 Å². The average Bonchev–Trinajstić information content (AvgIpc) is 3.12. The minimum absolute atomic E-state index is 0.0251. The van der Waals surface area contributed by atoms with Crippen LogP contribution in [0.4, 0.5) is 5.82 Å². The van der Waals surface area contributed by atoms with Gasteiger partial charge < -0.3 is 10.6 Å². The van der Waals surface area contributed by atoms with E-state index >= 15 is 0 Å². The summed E-state index contributed by atoms with van der Waals surface area (Å²) in [5, 5.41) is 21.8. The molecule has 0 radical (unpaired) electrons. The molecule has 0 saturated heterocycles. The summed E-state index contributed by atoms with van der Waals surface area (Å²) in [7, 11) is 0. The zero-order valence-electron chi connectivity index (χ0n) is 17.3. The highest BCUT2D eigenvalue weighted by Gasteiger charge is 2.22. The second-order valence-electron chi connectivity index (χ2n) is 8.50. The largest absolute Gasteiger partial charge is 0.350 e. The first kappa shape index (κ1) is 20.5. The molecule has 2 fully saturated rings. The Morgan fingerprint density at radius 2 is 1.63 bits per heavy atom. The van der Waals surface area contributed by atoms with Crippen molar-refractivity contribution in [2.45, 2.75) is 70.9 Å². The molecule has 0 spiro atoms. The molecule has 2 amide bonds. The molecular weight excluding hydrogens is 384 g/mol. The first-order valence-corrected chi connectivity index (χ1v) is 11.0. The van der Waals surface area contributed by atoms with Crippen LogP contribution in [0.1, 0.15) is 68.3 Å². The van der Waals surface area contributed by atoms with Crippen LogP contribution in [0.15, 0.2) is 12.4 Å². The fourth-order valence-corrected chi connectivity index (χ4v) is 3.84. The van der Waals surface area contributed by atoms with Gasteiger partial charge in [0.2, 0.25) is 5.91 Å². The van der Waals surface area contributed by atoms with Crippen LogP contribution < -0.4 is 10.6 Å². The number of aryl methyl sites for hydroxylation is 2. The van der Waals surface area contributed by atoms with E-state index in [-0.39, 0.29) is 11.8 Å². The highest BCUT2D eigenvalue weighted by atomic mass is 16.2. The fraction of sp³-hybridized carbons (Fsp3) is 0.700. The smallest absolute Gasteiger partial charge is 0.273 e. The van der Waals surface area contributed by atoms with Gasteiger partial charge in [0.15, 0.2) is 11.5 Å². The summed E-state index contributed by atoms with van der Waals surface area (Å²) in [4.78, 5) is 24.1. The molecule has 10 nitrogen and oxygen atoms in total. The number of carbonyl (C=O) groups excluding carboxylic acids is 2. The lowest BCUT2D eigenvalue weighted by atomic mass is 10.0. The van der Waals surface area contributed by atoms with Crippen molar-refractivity contribution in [2.24, 2.45) is 11.8 Å². The lowest BCUT2D eigenvalue weighted by Gasteiger charge is -2.07. The number of nitrogens with zero attached hydrogens (tertiary/aromatic N) is 6. The summed E-state index contributed by atoms with van der Waals surface area (Å²) < 4.78 is 3.44. The Bertz CT molecular complexity index is 851. The Labute approximate surface area is 175 Å². The number of hydrogen-bond acceptors (Lipinski definition) is 6. The highest BCUT2D eigenvalue weighted by Crippen LogP contribution is 2.28. The molecule has 2 N–H and O–H groups in total. The van der Waals surface area contributed by atoms with Gasteiger partial charge in [-0.2, -0.15) is 0 Å².